The van der Waals surface area contributed by atoms with E-state index in [4.69, 9.17) is 4.55 Å². The van der Waals surface area contributed by atoms with Gasteiger partial charge in [0.2, 0.25) is 0 Å². The van der Waals surface area contributed by atoms with Gasteiger partial charge in [-0.3, -0.25) is 14.3 Å². The molecule has 0 fully saturated rings. The van der Waals surface area contributed by atoms with Crippen molar-refractivity contribution in [3.05, 3.63) is 60.8 Å². The van der Waals surface area contributed by atoms with E-state index in [0.29, 0.717) is 10.9 Å². The van der Waals surface area contributed by atoms with Crippen LogP contribution < -0.4 is 4.72 Å². The Hall–Kier alpha value is -2.49. The lowest BCUT2D eigenvalue weighted by Crippen LogP contribution is -2.13. The van der Waals surface area contributed by atoms with Gasteiger partial charge in [-0.15, -0.1) is 0 Å². The highest BCUT2D eigenvalue weighted by Gasteiger charge is 2.18. The number of hydrogen-bond donors (Lipinski definition) is 2. The van der Waals surface area contributed by atoms with Crippen molar-refractivity contribution in [2.45, 2.75) is 9.79 Å². The second-order valence-corrected chi connectivity index (χ2v) is 8.01. The average Bonchev–Trinajstić information content (AvgIpc) is 2.53. The molecule has 1 heterocycles. The van der Waals surface area contributed by atoms with Crippen LogP contribution in [-0.4, -0.2) is 26.4 Å². The van der Waals surface area contributed by atoms with Crippen molar-refractivity contribution < 1.29 is 21.4 Å². The van der Waals surface area contributed by atoms with Gasteiger partial charge in [0, 0.05) is 17.3 Å². The first-order valence-corrected chi connectivity index (χ1v) is 9.64. The molecule has 0 atom stereocenters. The van der Waals surface area contributed by atoms with E-state index in [1.165, 1.54) is 24.4 Å². The maximum absolute atomic E-state index is 12.6. The zero-order valence-electron chi connectivity index (χ0n) is 12.1. The fourth-order valence-electron chi connectivity index (χ4n) is 2.20. The number of hydrogen-bond acceptors (Lipinski definition) is 5. The van der Waals surface area contributed by atoms with E-state index >= 15 is 0 Å². The van der Waals surface area contributed by atoms with Gasteiger partial charge in [-0.05, 0) is 36.4 Å². The maximum atomic E-state index is 12.6. The third-order valence-electron chi connectivity index (χ3n) is 3.29. The number of sulfonamides is 1. The third-order valence-corrected chi connectivity index (χ3v) is 5.57. The quantitative estimate of drug-likeness (QED) is 0.687. The molecule has 0 amide bonds. The summed E-state index contributed by atoms with van der Waals surface area (Å²) in [5.74, 6) is 0. The summed E-state index contributed by atoms with van der Waals surface area (Å²) in [6.45, 7) is 0. The highest BCUT2D eigenvalue weighted by Crippen LogP contribution is 2.23. The molecule has 1 aromatic heterocycles. The van der Waals surface area contributed by atoms with Crippen molar-refractivity contribution >= 4 is 36.7 Å². The van der Waals surface area contributed by atoms with Gasteiger partial charge in [-0.1, -0.05) is 18.2 Å². The zero-order valence-corrected chi connectivity index (χ0v) is 13.8. The number of rotatable bonds is 4. The van der Waals surface area contributed by atoms with E-state index in [2.05, 4.69) is 9.71 Å². The molecule has 124 valence electrons. The minimum atomic E-state index is -4.33. The maximum Gasteiger partial charge on any atom is 0.294 e. The zero-order chi connectivity index (χ0) is 17.4. The molecule has 2 aromatic carbocycles. The number of para-hydroxylation sites is 1. The molecule has 0 aliphatic carbocycles. The van der Waals surface area contributed by atoms with Crippen LogP contribution in [0.1, 0.15) is 0 Å². The molecule has 0 radical (unpaired) electrons. The summed E-state index contributed by atoms with van der Waals surface area (Å²) in [5.41, 5.74) is 0.498. The van der Waals surface area contributed by atoms with Crippen LogP contribution in [0.2, 0.25) is 0 Å². The van der Waals surface area contributed by atoms with Crippen LogP contribution in [0.5, 0.6) is 0 Å². The average molecular weight is 364 g/mol. The molecule has 0 spiro atoms. The summed E-state index contributed by atoms with van der Waals surface area (Å²) in [7, 11) is -8.24. The number of anilines is 1. The highest BCUT2D eigenvalue weighted by atomic mass is 32.2. The second kappa shape index (κ2) is 5.86. The summed E-state index contributed by atoms with van der Waals surface area (Å²) >= 11 is 0. The Balaban J connectivity index is 1.99. The SMILES string of the molecule is O=S(=O)(O)c1ccc(NS(=O)(=O)c2cccc3cccnc23)cc1. The summed E-state index contributed by atoms with van der Waals surface area (Å²) in [6, 6.07) is 13.0. The van der Waals surface area contributed by atoms with E-state index in [1.807, 2.05) is 0 Å². The number of fused-ring (bicyclic) bond motifs is 1. The highest BCUT2D eigenvalue weighted by molar-refractivity contribution is 7.93. The van der Waals surface area contributed by atoms with E-state index < -0.39 is 20.1 Å². The molecule has 7 nitrogen and oxygen atoms in total. The first kappa shape index (κ1) is 16.4. The van der Waals surface area contributed by atoms with Crippen molar-refractivity contribution in [1.29, 1.82) is 0 Å². The number of aromatic nitrogens is 1. The molecule has 3 aromatic rings. The van der Waals surface area contributed by atoms with Gasteiger partial charge in [0.15, 0.2) is 0 Å². The Morgan fingerprint density at radius 1 is 0.875 bits per heavy atom. The van der Waals surface area contributed by atoms with Crippen LogP contribution in [0.25, 0.3) is 10.9 Å². The molecule has 0 aliphatic rings. The molecule has 24 heavy (non-hydrogen) atoms. The largest absolute Gasteiger partial charge is 0.294 e. The normalized spacial score (nSPS) is 12.2. The molecule has 9 heteroatoms. The molecule has 0 unspecified atom stereocenters. The van der Waals surface area contributed by atoms with Gasteiger partial charge in [0.25, 0.3) is 20.1 Å². The lowest BCUT2D eigenvalue weighted by atomic mass is 10.2. The Morgan fingerprint density at radius 3 is 2.21 bits per heavy atom. The fourth-order valence-corrected chi connectivity index (χ4v) is 3.92. The van der Waals surface area contributed by atoms with Crippen molar-refractivity contribution in [1.82, 2.24) is 4.98 Å². The summed E-state index contributed by atoms with van der Waals surface area (Å²) in [6.07, 6.45) is 1.50. The molecular formula is C15H12N2O5S2. The Morgan fingerprint density at radius 2 is 1.54 bits per heavy atom. The van der Waals surface area contributed by atoms with Crippen LogP contribution >= 0.6 is 0 Å². The van der Waals surface area contributed by atoms with Gasteiger partial charge in [-0.25, -0.2) is 8.42 Å². The smallest absolute Gasteiger partial charge is 0.282 e. The van der Waals surface area contributed by atoms with Crippen molar-refractivity contribution in [3.63, 3.8) is 0 Å². The van der Waals surface area contributed by atoms with Crippen LogP contribution in [0, 0.1) is 0 Å². The first-order valence-electron chi connectivity index (χ1n) is 6.71. The molecular weight excluding hydrogens is 352 g/mol. The van der Waals surface area contributed by atoms with E-state index in [9.17, 15) is 16.8 Å². The first-order chi connectivity index (χ1) is 11.3. The summed E-state index contributed by atoms with van der Waals surface area (Å²) in [5, 5.41) is 0.682. The molecule has 0 saturated carbocycles. The Labute approximate surface area is 138 Å². The Kier molecular flexibility index (Phi) is 3.99. The predicted octanol–water partition coefficient (Wildman–Crippen LogP) is 2.28. The number of benzene rings is 2. The van der Waals surface area contributed by atoms with Crippen molar-refractivity contribution in [2.75, 3.05) is 4.72 Å². The van der Waals surface area contributed by atoms with Gasteiger partial charge >= 0.3 is 0 Å². The van der Waals surface area contributed by atoms with Crippen LogP contribution in [-0.2, 0) is 20.1 Å². The van der Waals surface area contributed by atoms with Gasteiger partial charge in [0.05, 0.1) is 10.4 Å². The fraction of sp³-hybridized carbons (Fsp3) is 0. The van der Waals surface area contributed by atoms with Gasteiger partial charge < -0.3 is 0 Å². The number of pyridine rings is 1. The molecule has 3 rings (SSSR count). The summed E-state index contributed by atoms with van der Waals surface area (Å²) in [4.78, 5) is 3.80. The van der Waals surface area contributed by atoms with Crippen LogP contribution in [0.3, 0.4) is 0 Å². The lowest BCUT2D eigenvalue weighted by Gasteiger charge is -2.10. The number of nitrogens with zero attached hydrogens (tertiary/aromatic N) is 1. The van der Waals surface area contributed by atoms with E-state index in [-0.39, 0.29) is 15.5 Å². The molecule has 0 aliphatic heterocycles. The lowest BCUT2D eigenvalue weighted by molar-refractivity contribution is 0.483. The second-order valence-electron chi connectivity index (χ2n) is 4.94. The van der Waals surface area contributed by atoms with Crippen molar-refractivity contribution in [3.8, 4) is 0 Å². The molecule has 2 N–H and O–H groups in total. The van der Waals surface area contributed by atoms with Crippen LogP contribution in [0.4, 0.5) is 5.69 Å². The monoisotopic (exact) mass is 364 g/mol. The standard InChI is InChI=1S/C15H12N2O5S2/c18-23(19,14-5-1-3-11-4-2-10-16-15(11)14)17-12-6-8-13(9-7-12)24(20,21)22/h1-10,17H,(H,20,21,22). The van der Waals surface area contributed by atoms with E-state index in [0.717, 1.165) is 12.1 Å². The minimum Gasteiger partial charge on any atom is -0.282 e. The predicted molar refractivity (Wildman–Crippen MR) is 88.8 cm³/mol. The molecule has 0 bridgehead atoms. The topological polar surface area (TPSA) is 113 Å². The van der Waals surface area contributed by atoms with Crippen LogP contribution in [0.15, 0.2) is 70.6 Å². The number of nitrogens with one attached hydrogen (secondary N) is 1. The summed E-state index contributed by atoms with van der Waals surface area (Å²) < 4.78 is 58.5. The minimum absolute atomic E-state index is 0.0134. The van der Waals surface area contributed by atoms with Gasteiger partial charge in [0.1, 0.15) is 4.90 Å². The third kappa shape index (κ3) is 3.23. The van der Waals surface area contributed by atoms with E-state index in [1.54, 1.807) is 24.3 Å². The molecule has 0 saturated heterocycles. The van der Waals surface area contributed by atoms with Gasteiger partial charge in [-0.2, -0.15) is 8.42 Å². The van der Waals surface area contributed by atoms with Crippen molar-refractivity contribution in [2.24, 2.45) is 0 Å². The Bertz CT molecular complexity index is 1100.